The van der Waals surface area contributed by atoms with Crippen LogP contribution in [-0.2, 0) is 24.4 Å². The fourth-order valence-corrected chi connectivity index (χ4v) is 7.95. The molecule has 266 valence electrons. The van der Waals surface area contributed by atoms with Gasteiger partial charge >= 0.3 is 0 Å². The number of amides is 2. The maximum Gasteiger partial charge on any atom is 0.273 e. The lowest BCUT2D eigenvalue weighted by Gasteiger charge is -2.29. The summed E-state index contributed by atoms with van der Waals surface area (Å²) in [4.78, 5) is 46.3. The second-order valence-corrected chi connectivity index (χ2v) is 14.5. The predicted octanol–water partition coefficient (Wildman–Crippen LogP) is 3.05. The van der Waals surface area contributed by atoms with Gasteiger partial charge in [-0.3, -0.25) is 14.4 Å². The van der Waals surface area contributed by atoms with Crippen LogP contribution in [0.1, 0.15) is 25.7 Å². The molecule has 1 aliphatic carbocycles. The van der Waals surface area contributed by atoms with Gasteiger partial charge < -0.3 is 31.4 Å². The number of hydrogen-bond donors (Lipinski definition) is 4. The van der Waals surface area contributed by atoms with Gasteiger partial charge in [-0.25, -0.2) is 13.4 Å². The number of benzene rings is 3. The van der Waals surface area contributed by atoms with E-state index in [1.807, 2.05) is 30.3 Å². The lowest BCUT2D eigenvalue weighted by molar-refractivity contribution is -0.147. The second kappa shape index (κ2) is 14.0. The van der Waals surface area contributed by atoms with Crippen LogP contribution in [0.15, 0.2) is 96.4 Å². The van der Waals surface area contributed by atoms with Crippen LogP contribution in [0.3, 0.4) is 0 Å². The van der Waals surface area contributed by atoms with Crippen LogP contribution in [0, 0.1) is 5.41 Å². The maximum absolute atomic E-state index is 14.4. The maximum atomic E-state index is 14.4. The van der Waals surface area contributed by atoms with Crippen LogP contribution in [0.5, 0.6) is 17.2 Å². The van der Waals surface area contributed by atoms with E-state index in [1.54, 1.807) is 31.4 Å². The topological polar surface area (TPSA) is 204 Å². The molecule has 1 saturated carbocycles. The molecule has 0 spiro atoms. The van der Waals surface area contributed by atoms with E-state index >= 15 is 0 Å². The Kier molecular flexibility index (Phi) is 9.81. The molecule has 4 aromatic rings. The van der Waals surface area contributed by atoms with E-state index < -0.39 is 62.2 Å². The number of nitrogens with two attached hydrogens (primary N) is 2. The molecule has 2 fully saturated rings. The van der Waals surface area contributed by atoms with Crippen molar-refractivity contribution in [1.29, 1.82) is 0 Å². The first-order chi connectivity index (χ1) is 24.4. The summed E-state index contributed by atoms with van der Waals surface area (Å²) in [6, 6.07) is 19.4. The molecule has 4 atom stereocenters. The number of aliphatic hydroxyl groups is 1. The van der Waals surface area contributed by atoms with E-state index in [0.29, 0.717) is 47.5 Å². The molecule has 3 aromatic carbocycles. The van der Waals surface area contributed by atoms with Gasteiger partial charge in [0, 0.05) is 29.7 Å². The number of sulfonamides is 1. The van der Waals surface area contributed by atoms with Crippen LogP contribution in [-0.4, -0.2) is 78.3 Å². The molecule has 2 amide bonds. The average Bonchev–Trinajstić information content (AvgIpc) is 3.44. The van der Waals surface area contributed by atoms with Crippen LogP contribution < -0.4 is 26.3 Å². The Morgan fingerprint density at radius 1 is 1.10 bits per heavy atom. The molecule has 6 N–H and O–H groups in total. The van der Waals surface area contributed by atoms with E-state index in [4.69, 9.17) is 25.9 Å². The first-order valence-electron chi connectivity index (χ1n) is 16.4. The predicted molar refractivity (Wildman–Crippen MR) is 189 cm³/mol. The molecule has 1 aliphatic heterocycles. The van der Waals surface area contributed by atoms with Gasteiger partial charge in [0.2, 0.25) is 0 Å². The van der Waals surface area contributed by atoms with E-state index in [0.717, 1.165) is 5.56 Å². The molecule has 2 unspecified atom stereocenters. The summed E-state index contributed by atoms with van der Waals surface area (Å²) in [6.07, 6.45) is 1.74. The Morgan fingerprint density at radius 2 is 1.80 bits per heavy atom. The Morgan fingerprint density at radius 3 is 2.41 bits per heavy atom. The second-order valence-electron chi connectivity index (χ2n) is 12.7. The number of nitrogens with zero attached hydrogens (tertiary/aromatic N) is 2. The van der Waals surface area contributed by atoms with Gasteiger partial charge in [0.1, 0.15) is 22.7 Å². The zero-order chi connectivity index (χ0) is 36.6. The van der Waals surface area contributed by atoms with Gasteiger partial charge in [0.15, 0.2) is 5.78 Å². The fraction of sp³-hybridized carbons (Fsp3) is 0.297. The molecular formula is C37H39N5O8S. The number of carbonyl (C=O) groups excluding carboxylic acids is 3. The van der Waals surface area contributed by atoms with Crippen molar-refractivity contribution in [3.05, 3.63) is 91.5 Å². The first kappa shape index (κ1) is 35.8. The van der Waals surface area contributed by atoms with Gasteiger partial charge in [-0.1, -0.05) is 36.4 Å². The number of methoxy groups -OCH3 is 1. The monoisotopic (exact) mass is 713 g/mol. The largest absolute Gasteiger partial charge is 0.497 e. The number of ketones is 1. The summed E-state index contributed by atoms with van der Waals surface area (Å²) in [5.74, 6) is -1.95. The van der Waals surface area contributed by atoms with E-state index in [-0.39, 0.29) is 22.9 Å². The number of aromatic nitrogens is 1. The number of imide groups is 1. The molecule has 0 radical (unpaired) electrons. The number of hydrogen-bond acceptors (Lipinski definition) is 12. The number of fused-ring (bicyclic) bond motifs is 1. The molecule has 0 bridgehead atoms. The number of Topliss-reactive ketones (excluding diaryl/α,β-unsaturated/α-hetero) is 1. The zero-order valence-corrected chi connectivity index (χ0v) is 28.8. The molecule has 6 rings (SSSR count). The Bertz CT molecular complexity index is 2100. The first-order valence-corrected chi connectivity index (χ1v) is 17.9. The highest BCUT2D eigenvalue weighted by molar-refractivity contribution is 7.90. The van der Waals surface area contributed by atoms with Crippen molar-refractivity contribution >= 4 is 38.5 Å². The number of pyridine rings is 1. The smallest absolute Gasteiger partial charge is 0.273 e. The van der Waals surface area contributed by atoms with Crippen molar-refractivity contribution in [3.63, 3.8) is 0 Å². The Labute approximate surface area is 295 Å². The van der Waals surface area contributed by atoms with Gasteiger partial charge in [-0.05, 0) is 68.6 Å². The van der Waals surface area contributed by atoms with Gasteiger partial charge in [0.05, 0.1) is 40.8 Å². The molecule has 14 heteroatoms. The molecule has 13 nitrogen and oxygen atoms in total. The van der Waals surface area contributed by atoms with Gasteiger partial charge in [0.25, 0.3) is 21.8 Å². The Balaban J connectivity index is 1.37. The fourth-order valence-electron chi connectivity index (χ4n) is 6.51. The number of nitrogens with one attached hydrogen (secondary N) is 1. The summed E-state index contributed by atoms with van der Waals surface area (Å²) in [7, 11) is -3.41. The highest BCUT2D eigenvalue weighted by Crippen LogP contribution is 2.58. The lowest BCUT2D eigenvalue weighted by Crippen LogP contribution is -2.57. The molecule has 1 aromatic heterocycles. The molecule has 51 heavy (non-hydrogen) atoms. The van der Waals surface area contributed by atoms with Crippen LogP contribution >= 0.6 is 0 Å². The zero-order valence-electron chi connectivity index (χ0n) is 27.9. The third-order valence-electron chi connectivity index (χ3n) is 9.53. The molecular weight excluding hydrogens is 675 g/mol. The molecule has 2 heterocycles. The number of carbonyl (C=O) groups is 3. The highest BCUT2D eigenvalue weighted by Gasteiger charge is 2.76. The van der Waals surface area contributed by atoms with Crippen LogP contribution in [0.25, 0.3) is 22.2 Å². The van der Waals surface area contributed by atoms with Crippen molar-refractivity contribution in [1.82, 2.24) is 14.6 Å². The van der Waals surface area contributed by atoms with E-state index in [1.165, 1.54) is 30.3 Å². The van der Waals surface area contributed by atoms with Crippen LogP contribution in [0.4, 0.5) is 0 Å². The minimum absolute atomic E-state index is 0.0457. The quantitative estimate of drug-likeness (QED) is 0.117. The van der Waals surface area contributed by atoms with Crippen molar-refractivity contribution in [2.75, 3.05) is 20.3 Å². The lowest BCUT2D eigenvalue weighted by atomic mass is 9.88. The van der Waals surface area contributed by atoms with Gasteiger partial charge in [-0.15, -0.1) is 6.58 Å². The van der Waals surface area contributed by atoms with E-state index in [9.17, 15) is 27.9 Å². The summed E-state index contributed by atoms with van der Waals surface area (Å²) < 4.78 is 40.2. The summed E-state index contributed by atoms with van der Waals surface area (Å²) in [5, 5.41) is 13.2. The normalized spacial score (nSPS) is 21.8. The van der Waals surface area contributed by atoms with Crippen molar-refractivity contribution in [2.45, 2.75) is 48.2 Å². The third kappa shape index (κ3) is 6.41. The Hall–Kier alpha value is -4.99. The standard InChI is InChI=1S/C37H39N5O8S/c1-3-36(39)22-37(36,33(44)29-10-7-18-40-29)35(46)42(34(45)28(38)17-19-43)51(47,48)26-14-11-24(12-15-26)50-32-21-30(23-8-5-4-6-9-23)41-31-20-25(49-2)13-16-27(31)32/h3-6,8-9,11-16,20-21,28-29,40,43H,1,7,10,17-19,22,38-39H2,2H3/t28?,29?,36-,37-/m1/s1. The SMILES string of the molecule is C=C[C@@]1(N)C[C@@]1(C(=O)C1CCCN1)C(=O)N(C(=O)C(N)CCO)S(=O)(=O)c1ccc(Oc2cc(-c3ccccc3)nc3cc(OC)ccc23)cc1. The van der Waals surface area contributed by atoms with Crippen molar-refractivity contribution in [3.8, 4) is 28.5 Å². The number of rotatable bonds is 13. The number of aliphatic hydroxyl groups excluding tert-OH is 1. The van der Waals surface area contributed by atoms with Crippen molar-refractivity contribution < 1.29 is 37.4 Å². The number of ether oxygens (including phenoxy) is 2. The minimum Gasteiger partial charge on any atom is -0.497 e. The van der Waals surface area contributed by atoms with Gasteiger partial charge in [-0.2, -0.15) is 4.31 Å². The van der Waals surface area contributed by atoms with E-state index in [2.05, 4.69) is 11.9 Å². The third-order valence-corrected chi connectivity index (χ3v) is 11.2. The molecule has 1 saturated heterocycles. The van der Waals surface area contributed by atoms with Crippen molar-refractivity contribution in [2.24, 2.45) is 16.9 Å². The average molecular weight is 714 g/mol. The summed E-state index contributed by atoms with van der Waals surface area (Å²) >= 11 is 0. The minimum atomic E-state index is -4.97. The summed E-state index contributed by atoms with van der Waals surface area (Å²) in [5.41, 5.74) is 10.8. The molecule has 2 aliphatic rings. The van der Waals surface area contributed by atoms with Crippen LogP contribution in [0.2, 0.25) is 0 Å². The highest BCUT2D eigenvalue weighted by atomic mass is 32.2. The summed E-state index contributed by atoms with van der Waals surface area (Å²) in [6.45, 7) is 3.66.